The predicted molar refractivity (Wildman–Crippen MR) is 81.5 cm³/mol. The van der Waals surface area contributed by atoms with Crippen molar-refractivity contribution in [2.75, 3.05) is 0 Å². The molecule has 2 fully saturated rings. The van der Waals surface area contributed by atoms with E-state index in [9.17, 15) is 19.7 Å². The molecule has 1 aromatic carbocycles. The minimum absolute atomic E-state index is 0.0127. The average molecular weight is 317 g/mol. The molecule has 23 heavy (non-hydrogen) atoms. The number of nitrogens with zero attached hydrogens (tertiary/aromatic N) is 1. The molecule has 2 saturated carbocycles. The van der Waals surface area contributed by atoms with Crippen molar-refractivity contribution in [3.63, 3.8) is 0 Å². The smallest absolute Gasteiger partial charge is 0.309 e. The molecule has 6 nitrogen and oxygen atoms in total. The third kappa shape index (κ3) is 3.41. The first-order chi connectivity index (χ1) is 11.0. The molecule has 0 heterocycles. The highest BCUT2D eigenvalue weighted by Gasteiger charge is 2.41. The zero-order valence-electron chi connectivity index (χ0n) is 12.8. The molecule has 2 aliphatic rings. The Bertz CT molecular complexity index is 608. The molecule has 0 saturated heterocycles. The lowest BCUT2D eigenvalue weighted by molar-refractivity contribution is -0.384. The van der Waals surface area contributed by atoms with Crippen molar-refractivity contribution in [1.29, 1.82) is 0 Å². The molecule has 1 aromatic rings. The summed E-state index contributed by atoms with van der Waals surface area (Å²) in [6.45, 7) is 0.108. The average Bonchev–Trinajstić information content (AvgIpc) is 2.52. The maximum Gasteiger partial charge on any atom is 0.309 e. The van der Waals surface area contributed by atoms with Crippen molar-refractivity contribution in [2.45, 2.75) is 38.7 Å². The fourth-order valence-corrected chi connectivity index (χ4v) is 3.66. The summed E-state index contributed by atoms with van der Waals surface area (Å²) >= 11 is 0. The Hall–Kier alpha value is -2.24. The summed E-state index contributed by atoms with van der Waals surface area (Å²) in [6, 6.07) is 5.97. The lowest BCUT2D eigenvalue weighted by Gasteiger charge is -2.36. The van der Waals surface area contributed by atoms with Gasteiger partial charge in [0.15, 0.2) is 0 Å². The summed E-state index contributed by atoms with van der Waals surface area (Å²) in [5.74, 6) is -0.0664. The Balaban J connectivity index is 1.55. The molecular formula is C17H19NO5. The summed E-state index contributed by atoms with van der Waals surface area (Å²) < 4.78 is 5.35. The molecule has 0 radical (unpaired) electrons. The molecule has 2 bridgehead atoms. The van der Waals surface area contributed by atoms with Crippen LogP contribution in [0, 0.1) is 27.9 Å². The maximum absolute atomic E-state index is 12.2. The van der Waals surface area contributed by atoms with E-state index in [0.717, 1.165) is 24.8 Å². The van der Waals surface area contributed by atoms with Gasteiger partial charge in [0, 0.05) is 24.0 Å². The van der Waals surface area contributed by atoms with E-state index < -0.39 is 4.92 Å². The summed E-state index contributed by atoms with van der Waals surface area (Å²) in [5, 5.41) is 10.6. The van der Waals surface area contributed by atoms with Crippen LogP contribution < -0.4 is 0 Å². The normalized spacial score (nSPS) is 26.6. The van der Waals surface area contributed by atoms with E-state index in [2.05, 4.69) is 0 Å². The van der Waals surface area contributed by atoms with E-state index in [1.54, 1.807) is 12.1 Å². The van der Waals surface area contributed by atoms with Gasteiger partial charge in [-0.3, -0.25) is 19.7 Å². The van der Waals surface area contributed by atoms with Crippen LogP contribution in [0.15, 0.2) is 24.3 Å². The van der Waals surface area contributed by atoms with E-state index >= 15 is 0 Å². The number of benzene rings is 1. The number of nitro benzene ring substituents is 1. The first kappa shape index (κ1) is 15.6. The lowest BCUT2D eigenvalue weighted by Crippen LogP contribution is -2.39. The number of rotatable bonds is 4. The van der Waals surface area contributed by atoms with Crippen LogP contribution in [0.1, 0.15) is 37.7 Å². The van der Waals surface area contributed by atoms with Crippen molar-refractivity contribution in [1.82, 2.24) is 0 Å². The topological polar surface area (TPSA) is 86.5 Å². The summed E-state index contributed by atoms with van der Waals surface area (Å²) in [7, 11) is 0. The zero-order chi connectivity index (χ0) is 16.4. The van der Waals surface area contributed by atoms with E-state index in [0.29, 0.717) is 18.6 Å². The molecule has 3 rings (SSSR count). The summed E-state index contributed by atoms with van der Waals surface area (Å²) in [6.07, 6.45) is 4.07. The first-order valence-electron chi connectivity index (χ1n) is 7.98. The van der Waals surface area contributed by atoms with Crippen molar-refractivity contribution >= 4 is 17.4 Å². The Kier molecular flexibility index (Phi) is 4.41. The Morgan fingerprint density at radius 3 is 2.35 bits per heavy atom. The number of non-ortho nitro benzene ring substituents is 1. The number of nitro groups is 1. The van der Waals surface area contributed by atoms with Crippen LogP contribution in [0.4, 0.5) is 5.69 Å². The van der Waals surface area contributed by atoms with Crippen molar-refractivity contribution in [2.24, 2.45) is 17.8 Å². The second-order valence-electron chi connectivity index (χ2n) is 6.43. The number of esters is 1. The van der Waals surface area contributed by atoms with Crippen LogP contribution in [0.2, 0.25) is 0 Å². The molecular weight excluding hydrogens is 298 g/mol. The van der Waals surface area contributed by atoms with E-state index in [1.807, 2.05) is 0 Å². The number of Topliss-reactive ketones (excluding diaryl/α,β-unsaturated/α-hetero) is 1. The molecule has 122 valence electrons. The molecule has 0 amide bonds. The SMILES string of the molecule is O=C(OCc1ccc([N+](=O)[O-])cc1)C1CC2CCCC(C1)C2=O. The highest BCUT2D eigenvalue weighted by Crippen LogP contribution is 2.40. The van der Waals surface area contributed by atoms with Gasteiger partial charge < -0.3 is 4.74 Å². The minimum Gasteiger partial charge on any atom is -0.461 e. The highest BCUT2D eigenvalue weighted by atomic mass is 16.6. The summed E-state index contributed by atoms with van der Waals surface area (Å²) in [5.41, 5.74) is 0.731. The van der Waals surface area contributed by atoms with Gasteiger partial charge in [-0.15, -0.1) is 0 Å². The number of hydrogen-bond acceptors (Lipinski definition) is 5. The molecule has 0 aromatic heterocycles. The Morgan fingerprint density at radius 1 is 1.17 bits per heavy atom. The Morgan fingerprint density at radius 2 is 1.78 bits per heavy atom. The van der Waals surface area contributed by atoms with Crippen LogP contribution in [0.3, 0.4) is 0 Å². The first-order valence-corrected chi connectivity index (χ1v) is 7.98. The number of fused-ring (bicyclic) bond motifs is 2. The van der Waals surface area contributed by atoms with Gasteiger partial charge >= 0.3 is 5.97 Å². The minimum atomic E-state index is -0.465. The number of hydrogen-bond donors (Lipinski definition) is 0. The van der Waals surface area contributed by atoms with Gasteiger partial charge in [0.05, 0.1) is 10.8 Å². The standard InChI is InChI=1S/C17H19NO5/c19-16-12-2-1-3-13(16)9-14(8-12)17(20)23-10-11-4-6-15(7-5-11)18(21)22/h4-7,12-14H,1-3,8-10H2. The second kappa shape index (κ2) is 6.48. The van der Waals surface area contributed by atoms with Gasteiger partial charge in [-0.1, -0.05) is 6.42 Å². The maximum atomic E-state index is 12.2. The van der Waals surface area contributed by atoms with Crippen LogP contribution in [0.25, 0.3) is 0 Å². The fraction of sp³-hybridized carbons (Fsp3) is 0.529. The third-order valence-electron chi connectivity index (χ3n) is 4.91. The molecule has 2 aliphatic carbocycles. The molecule has 0 aliphatic heterocycles. The highest BCUT2D eigenvalue weighted by molar-refractivity contribution is 5.87. The monoisotopic (exact) mass is 317 g/mol. The number of ketones is 1. The molecule has 0 N–H and O–H groups in total. The molecule has 2 unspecified atom stereocenters. The zero-order valence-corrected chi connectivity index (χ0v) is 12.8. The predicted octanol–water partition coefficient (Wildman–Crippen LogP) is 3.03. The lowest BCUT2D eigenvalue weighted by atomic mass is 9.67. The van der Waals surface area contributed by atoms with Crippen molar-refractivity contribution in [3.8, 4) is 0 Å². The van der Waals surface area contributed by atoms with Gasteiger partial charge in [-0.05, 0) is 43.4 Å². The van der Waals surface area contributed by atoms with Crippen molar-refractivity contribution in [3.05, 3.63) is 39.9 Å². The quantitative estimate of drug-likeness (QED) is 0.484. The Labute approximate surface area is 134 Å². The number of carbonyl (C=O) groups excluding carboxylic acids is 2. The van der Waals surface area contributed by atoms with Crippen LogP contribution in [0.5, 0.6) is 0 Å². The van der Waals surface area contributed by atoms with Crippen LogP contribution in [-0.2, 0) is 20.9 Å². The van der Waals surface area contributed by atoms with Gasteiger partial charge in [-0.2, -0.15) is 0 Å². The molecule has 6 heteroatoms. The van der Waals surface area contributed by atoms with Gasteiger partial charge in [0.25, 0.3) is 5.69 Å². The second-order valence-corrected chi connectivity index (χ2v) is 6.43. The van der Waals surface area contributed by atoms with Gasteiger partial charge in [-0.25, -0.2) is 0 Å². The number of carbonyl (C=O) groups is 2. The summed E-state index contributed by atoms with van der Waals surface area (Å²) in [4.78, 5) is 34.4. The largest absolute Gasteiger partial charge is 0.461 e. The van der Waals surface area contributed by atoms with Gasteiger partial charge in [0.2, 0.25) is 0 Å². The van der Waals surface area contributed by atoms with Crippen LogP contribution >= 0.6 is 0 Å². The molecule has 2 atom stereocenters. The van der Waals surface area contributed by atoms with Crippen molar-refractivity contribution < 1.29 is 19.2 Å². The van der Waals surface area contributed by atoms with E-state index in [4.69, 9.17) is 4.74 Å². The van der Waals surface area contributed by atoms with E-state index in [1.165, 1.54) is 12.1 Å². The van der Waals surface area contributed by atoms with E-state index in [-0.39, 0.29) is 36.0 Å². The third-order valence-corrected chi connectivity index (χ3v) is 4.91. The van der Waals surface area contributed by atoms with Gasteiger partial charge in [0.1, 0.15) is 12.4 Å². The van der Waals surface area contributed by atoms with Crippen LogP contribution in [-0.4, -0.2) is 16.7 Å². The number of ether oxygens (including phenoxy) is 1. The fourth-order valence-electron chi connectivity index (χ4n) is 3.66. The molecule has 0 spiro atoms.